The van der Waals surface area contributed by atoms with Crippen molar-refractivity contribution in [2.45, 2.75) is 0 Å². The molecule has 4 nitrogen and oxygen atoms in total. The minimum atomic E-state index is -0.0461. The molecule has 23 heavy (non-hydrogen) atoms. The van der Waals surface area contributed by atoms with E-state index in [1.54, 1.807) is 15.9 Å². The molecule has 2 aromatic rings. The second kappa shape index (κ2) is 6.84. The zero-order valence-corrected chi connectivity index (χ0v) is 13.4. The quantitative estimate of drug-likeness (QED) is 0.813. The molecule has 0 aliphatic carbocycles. The standard InChI is InChI=1S/C18H17ClN2O2/c19-17-11-15(14-4-2-1-3-5-14)10-16(12-17)18(23)21-8-6-20(13-22)7-9-21/h1-5,10-13H,6-9H2. The molecule has 1 heterocycles. The first kappa shape index (κ1) is 15.6. The van der Waals surface area contributed by atoms with Gasteiger partial charge in [0, 0.05) is 36.8 Å². The van der Waals surface area contributed by atoms with Gasteiger partial charge in [0.1, 0.15) is 0 Å². The van der Waals surface area contributed by atoms with Crippen LogP contribution in [0, 0.1) is 0 Å². The van der Waals surface area contributed by atoms with Gasteiger partial charge in [0.2, 0.25) is 6.41 Å². The van der Waals surface area contributed by atoms with E-state index in [0.29, 0.717) is 36.8 Å². The van der Waals surface area contributed by atoms with Gasteiger partial charge in [-0.25, -0.2) is 0 Å². The van der Waals surface area contributed by atoms with Crippen LogP contribution in [0.15, 0.2) is 48.5 Å². The van der Waals surface area contributed by atoms with Crippen molar-refractivity contribution in [2.75, 3.05) is 26.2 Å². The lowest BCUT2D eigenvalue weighted by molar-refractivity contribution is -0.119. The highest BCUT2D eigenvalue weighted by molar-refractivity contribution is 6.31. The number of carbonyl (C=O) groups is 2. The van der Waals surface area contributed by atoms with Crippen molar-refractivity contribution in [2.24, 2.45) is 0 Å². The Labute approximate surface area is 140 Å². The molecular weight excluding hydrogens is 312 g/mol. The molecule has 3 rings (SSSR count). The van der Waals surface area contributed by atoms with Crippen molar-refractivity contribution in [1.82, 2.24) is 9.80 Å². The van der Waals surface area contributed by atoms with Crippen molar-refractivity contribution in [1.29, 1.82) is 0 Å². The van der Waals surface area contributed by atoms with Crippen LogP contribution in [0.5, 0.6) is 0 Å². The molecule has 1 aliphatic heterocycles. The first-order valence-corrected chi connectivity index (χ1v) is 7.90. The zero-order chi connectivity index (χ0) is 16.2. The van der Waals surface area contributed by atoms with Crippen LogP contribution in [0.3, 0.4) is 0 Å². The highest BCUT2D eigenvalue weighted by atomic mass is 35.5. The summed E-state index contributed by atoms with van der Waals surface area (Å²) in [5, 5.41) is 0.543. The Bertz CT molecular complexity index is 710. The average molecular weight is 329 g/mol. The fourth-order valence-electron chi connectivity index (χ4n) is 2.72. The van der Waals surface area contributed by atoms with Crippen LogP contribution in [-0.2, 0) is 4.79 Å². The molecule has 0 aromatic heterocycles. The van der Waals surface area contributed by atoms with E-state index in [2.05, 4.69) is 0 Å². The molecule has 0 bridgehead atoms. The first-order chi connectivity index (χ1) is 11.2. The van der Waals surface area contributed by atoms with Gasteiger partial charge in [-0.3, -0.25) is 9.59 Å². The Kier molecular flexibility index (Phi) is 4.63. The molecule has 0 saturated carbocycles. The molecule has 0 radical (unpaired) electrons. The summed E-state index contributed by atoms with van der Waals surface area (Å²) >= 11 is 6.20. The maximum atomic E-state index is 12.7. The number of benzene rings is 2. The lowest BCUT2D eigenvalue weighted by Crippen LogP contribution is -2.48. The van der Waals surface area contributed by atoms with Gasteiger partial charge in [-0.05, 0) is 29.3 Å². The smallest absolute Gasteiger partial charge is 0.254 e. The lowest BCUT2D eigenvalue weighted by atomic mass is 10.0. The molecule has 0 atom stereocenters. The molecule has 2 amide bonds. The lowest BCUT2D eigenvalue weighted by Gasteiger charge is -2.32. The maximum absolute atomic E-state index is 12.7. The second-order valence-electron chi connectivity index (χ2n) is 5.53. The number of hydrogen-bond donors (Lipinski definition) is 0. The van der Waals surface area contributed by atoms with Crippen molar-refractivity contribution in [3.63, 3.8) is 0 Å². The summed E-state index contributed by atoms with van der Waals surface area (Å²) in [6.45, 7) is 2.23. The van der Waals surface area contributed by atoms with Crippen molar-refractivity contribution >= 4 is 23.9 Å². The van der Waals surface area contributed by atoms with Crippen molar-refractivity contribution in [3.8, 4) is 11.1 Å². The number of rotatable bonds is 3. The molecule has 0 N–H and O–H groups in total. The minimum absolute atomic E-state index is 0.0461. The predicted octanol–water partition coefficient (Wildman–Crippen LogP) is 2.92. The predicted molar refractivity (Wildman–Crippen MR) is 90.4 cm³/mol. The third-order valence-electron chi connectivity index (χ3n) is 4.00. The van der Waals surface area contributed by atoms with Gasteiger partial charge in [-0.2, -0.15) is 0 Å². The Morgan fingerprint density at radius 3 is 2.30 bits per heavy atom. The molecular formula is C18H17ClN2O2. The Hall–Kier alpha value is -2.33. The summed E-state index contributed by atoms with van der Waals surface area (Å²) < 4.78 is 0. The summed E-state index contributed by atoms with van der Waals surface area (Å²) in [7, 11) is 0. The van der Waals surface area contributed by atoms with E-state index < -0.39 is 0 Å². The van der Waals surface area contributed by atoms with Crippen LogP contribution >= 0.6 is 11.6 Å². The number of amides is 2. The molecule has 1 aliphatic rings. The summed E-state index contributed by atoms with van der Waals surface area (Å²) in [6.07, 6.45) is 0.828. The Balaban J connectivity index is 1.84. The minimum Gasteiger partial charge on any atom is -0.342 e. The third-order valence-corrected chi connectivity index (χ3v) is 4.22. The Morgan fingerprint density at radius 1 is 0.957 bits per heavy atom. The molecule has 118 valence electrons. The average Bonchev–Trinajstić information content (AvgIpc) is 2.61. The van der Waals surface area contributed by atoms with Gasteiger partial charge >= 0.3 is 0 Å². The van der Waals surface area contributed by atoms with Crippen molar-refractivity contribution in [3.05, 3.63) is 59.1 Å². The topological polar surface area (TPSA) is 40.6 Å². The number of piperazine rings is 1. The molecule has 0 unspecified atom stereocenters. The van der Waals surface area contributed by atoms with Crippen LogP contribution < -0.4 is 0 Å². The van der Waals surface area contributed by atoms with Gasteiger partial charge in [-0.15, -0.1) is 0 Å². The zero-order valence-electron chi connectivity index (χ0n) is 12.6. The number of halogens is 1. The monoisotopic (exact) mass is 328 g/mol. The second-order valence-corrected chi connectivity index (χ2v) is 5.96. The van der Waals surface area contributed by atoms with E-state index in [9.17, 15) is 9.59 Å². The molecule has 5 heteroatoms. The van der Waals surface area contributed by atoms with E-state index in [4.69, 9.17) is 11.6 Å². The molecule has 1 fully saturated rings. The number of carbonyl (C=O) groups excluding carboxylic acids is 2. The van der Waals surface area contributed by atoms with Crippen molar-refractivity contribution < 1.29 is 9.59 Å². The highest BCUT2D eigenvalue weighted by Gasteiger charge is 2.22. The molecule has 0 spiro atoms. The first-order valence-electron chi connectivity index (χ1n) is 7.52. The van der Waals surface area contributed by atoms with Gasteiger partial charge in [0.15, 0.2) is 0 Å². The normalized spacial score (nSPS) is 14.7. The van der Waals surface area contributed by atoms with Gasteiger partial charge < -0.3 is 9.80 Å². The maximum Gasteiger partial charge on any atom is 0.254 e. The van der Waals surface area contributed by atoms with Gasteiger partial charge in [0.05, 0.1) is 0 Å². The van der Waals surface area contributed by atoms with E-state index in [0.717, 1.165) is 17.5 Å². The summed E-state index contributed by atoms with van der Waals surface area (Å²) in [5.74, 6) is -0.0461. The highest BCUT2D eigenvalue weighted by Crippen LogP contribution is 2.25. The van der Waals surface area contributed by atoms with Crippen LogP contribution in [0.25, 0.3) is 11.1 Å². The summed E-state index contributed by atoms with van der Waals surface area (Å²) in [6, 6.07) is 15.3. The SMILES string of the molecule is O=CN1CCN(C(=O)c2cc(Cl)cc(-c3ccccc3)c2)CC1. The summed E-state index contributed by atoms with van der Waals surface area (Å²) in [4.78, 5) is 26.9. The summed E-state index contributed by atoms with van der Waals surface area (Å²) in [5.41, 5.74) is 2.53. The van der Waals surface area contributed by atoms with E-state index in [-0.39, 0.29) is 5.91 Å². The van der Waals surface area contributed by atoms with Crippen LogP contribution in [0.2, 0.25) is 5.02 Å². The Morgan fingerprint density at radius 2 is 1.65 bits per heavy atom. The molecule has 1 saturated heterocycles. The number of nitrogens with zero attached hydrogens (tertiary/aromatic N) is 2. The van der Waals surface area contributed by atoms with Gasteiger partial charge in [-0.1, -0.05) is 41.9 Å². The largest absolute Gasteiger partial charge is 0.342 e. The number of hydrogen-bond acceptors (Lipinski definition) is 2. The van der Waals surface area contributed by atoms with E-state index in [1.807, 2.05) is 42.5 Å². The van der Waals surface area contributed by atoms with E-state index in [1.165, 1.54) is 0 Å². The van der Waals surface area contributed by atoms with Gasteiger partial charge in [0.25, 0.3) is 5.91 Å². The third kappa shape index (κ3) is 3.54. The fraction of sp³-hybridized carbons (Fsp3) is 0.222. The van der Waals surface area contributed by atoms with Crippen LogP contribution in [0.4, 0.5) is 0 Å². The molecule has 2 aromatic carbocycles. The van der Waals surface area contributed by atoms with Crippen LogP contribution in [0.1, 0.15) is 10.4 Å². The van der Waals surface area contributed by atoms with Crippen LogP contribution in [-0.4, -0.2) is 48.3 Å². The fourth-order valence-corrected chi connectivity index (χ4v) is 2.96. The van der Waals surface area contributed by atoms with E-state index >= 15 is 0 Å².